The van der Waals surface area contributed by atoms with Gasteiger partial charge in [0.15, 0.2) is 0 Å². The molecule has 3 aromatic rings. The van der Waals surface area contributed by atoms with E-state index in [0.717, 1.165) is 24.0 Å². The highest BCUT2D eigenvalue weighted by Crippen LogP contribution is 2.29. The van der Waals surface area contributed by atoms with Crippen LogP contribution in [0.4, 0.5) is 11.7 Å². The minimum atomic E-state index is -0.944. The second kappa shape index (κ2) is 8.85. The maximum absolute atomic E-state index is 13.0. The second-order valence-electron chi connectivity index (χ2n) is 8.15. The van der Waals surface area contributed by atoms with Gasteiger partial charge in [0.25, 0.3) is 5.91 Å². The highest BCUT2D eigenvalue weighted by Gasteiger charge is 2.29. The molecule has 33 heavy (non-hydrogen) atoms. The fourth-order valence-corrected chi connectivity index (χ4v) is 4.20. The molecule has 0 aliphatic carbocycles. The molecule has 9 nitrogen and oxygen atoms in total. The molecule has 1 atom stereocenters. The van der Waals surface area contributed by atoms with E-state index in [9.17, 15) is 9.59 Å². The number of hydrogen-bond acceptors (Lipinski definition) is 7. The molecule has 0 bridgehead atoms. The van der Waals surface area contributed by atoms with E-state index in [1.165, 1.54) is 0 Å². The van der Waals surface area contributed by atoms with Gasteiger partial charge in [0.05, 0.1) is 11.4 Å². The predicted octanol–water partition coefficient (Wildman–Crippen LogP) is 3.02. The van der Waals surface area contributed by atoms with E-state index in [2.05, 4.69) is 20.8 Å². The molecule has 9 heteroatoms. The van der Waals surface area contributed by atoms with Crippen LogP contribution in [0.15, 0.2) is 64.0 Å². The van der Waals surface area contributed by atoms with Crippen molar-refractivity contribution in [1.29, 1.82) is 0 Å². The van der Waals surface area contributed by atoms with Gasteiger partial charge in [-0.05, 0) is 18.9 Å². The largest absolute Gasteiger partial charge is 0.408 e. The van der Waals surface area contributed by atoms with E-state index in [-0.39, 0.29) is 23.7 Å². The number of likely N-dealkylation sites (tertiary alicyclic amines) is 1. The molecule has 2 aliphatic heterocycles. The van der Waals surface area contributed by atoms with Crippen LogP contribution < -0.4 is 10.6 Å². The first kappa shape index (κ1) is 20.9. The van der Waals surface area contributed by atoms with Gasteiger partial charge >= 0.3 is 6.01 Å². The lowest BCUT2D eigenvalue weighted by molar-refractivity contribution is -0.129. The molecule has 1 saturated heterocycles. The highest BCUT2D eigenvalue weighted by molar-refractivity contribution is 6.19. The van der Waals surface area contributed by atoms with Crippen molar-refractivity contribution >= 4 is 29.2 Å². The summed E-state index contributed by atoms with van der Waals surface area (Å²) in [5.41, 5.74) is 3.12. The van der Waals surface area contributed by atoms with Crippen molar-refractivity contribution in [3.8, 4) is 0 Å². The van der Waals surface area contributed by atoms with E-state index in [0.29, 0.717) is 30.4 Å². The lowest BCUT2D eigenvalue weighted by Crippen LogP contribution is -2.36. The number of para-hydroxylation sites is 1. The van der Waals surface area contributed by atoms with Gasteiger partial charge in [0, 0.05) is 37.1 Å². The molecule has 0 saturated carbocycles. The maximum atomic E-state index is 13.0. The Hall–Kier alpha value is -4.01. The molecule has 168 valence electrons. The zero-order valence-corrected chi connectivity index (χ0v) is 18.2. The second-order valence-corrected chi connectivity index (χ2v) is 8.15. The summed E-state index contributed by atoms with van der Waals surface area (Å²) in [6, 6.07) is 17.4. The van der Waals surface area contributed by atoms with Crippen molar-refractivity contribution in [2.75, 3.05) is 23.7 Å². The number of carbonyl (C=O) groups excluding carboxylic acids is 2. The molecule has 5 rings (SSSR count). The molecule has 1 unspecified atom stereocenters. The Labute approximate surface area is 190 Å². The molecule has 2 N–H and O–H groups in total. The number of anilines is 2. The zero-order chi connectivity index (χ0) is 22.8. The predicted molar refractivity (Wildman–Crippen MR) is 123 cm³/mol. The number of amides is 2. The fourth-order valence-electron chi connectivity index (χ4n) is 4.20. The topological polar surface area (TPSA) is 113 Å². The van der Waals surface area contributed by atoms with E-state index in [4.69, 9.17) is 9.41 Å². The van der Waals surface area contributed by atoms with Crippen molar-refractivity contribution in [2.45, 2.75) is 31.8 Å². The van der Waals surface area contributed by atoms with Crippen LogP contribution in [0.1, 0.15) is 42.7 Å². The Kier molecular flexibility index (Phi) is 5.60. The van der Waals surface area contributed by atoms with Gasteiger partial charge in [-0.2, -0.15) is 0 Å². The Bertz CT molecular complexity index is 1200. The number of rotatable bonds is 4. The Morgan fingerprint density at radius 3 is 2.55 bits per heavy atom. The van der Waals surface area contributed by atoms with Gasteiger partial charge in [-0.1, -0.05) is 53.6 Å². The zero-order valence-electron chi connectivity index (χ0n) is 18.2. The van der Waals surface area contributed by atoms with Gasteiger partial charge < -0.3 is 20.0 Å². The van der Waals surface area contributed by atoms with E-state index in [1.54, 1.807) is 6.92 Å². The normalized spacial score (nSPS) is 18.7. The number of aliphatic imine (C=N–C) groups is 1. The molecular formula is C24H24N6O3. The van der Waals surface area contributed by atoms with Crippen molar-refractivity contribution in [3.63, 3.8) is 0 Å². The summed E-state index contributed by atoms with van der Waals surface area (Å²) in [6.45, 7) is 2.91. The van der Waals surface area contributed by atoms with Crippen LogP contribution in [0.25, 0.3) is 0 Å². The van der Waals surface area contributed by atoms with Gasteiger partial charge in [0.1, 0.15) is 0 Å². The minimum absolute atomic E-state index is 0.0776. The Morgan fingerprint density at radius 1 is 1.06 bits per heavy atom. The van der Waals surface area contributed by atoms with E-state index in [1.807, 2.05) is 59.5 Å². The number of carbonyl (C=O) groups is 2. The summed E-state index contributed by atoms with van der Waals surface area (Å²) in [7, 11) is 0. The lowest BCUT2D eigenvalue weighted by atomic mass is 9.97. The Morgan fingerprint density at radius 2 is 1.79 bits per heavy atom. The molecule has 2 aromatic carbocycles. The molecular weight excluding hydrogens is 420 g/mol. The average molecular weight is 444 g/mol. The summed E-state index contributed by atoms with van der Waals surface area (Å²) in [5, 5.41) is 14.2. The summed E-state index contributed by atoms with van der Waals surface area (Å²) >= 11 is 0. The molecule has 0 radical (unpaired) electrons. The first-order chi connectivity index (χ1) is 16.1. The summed E-state index contributed by atoms with van der Waals surface area (Å²) in [6.07, 6.45) is 0.577. The first-order valence-electron chi connectivity index (χ1n) is 11.0. The third-order valence-corrected chi connectivity index (χ3v) is 5.98. The number of benzene rings is 2. The van der Waals surface area contributed by atoms with Crippen LogP contribution in [0.5, 0.6) is 0 Å². The Balaban J connectivity index is 1.39. The van der Waals surface area contributed by atoms with Crippen molar-refractivity contribution in [1.82, 2.24) is 15.1 Å². The summed E-state index contributed by atoms with van der Waals surface area (Å²) in [5.74, 6) is 0.348. The highest BCUT2D eigenvalue weighted by atomic mass is 16.4. The number of fused-ring (bicyclic) bond motifs is 1. The number of nitrogens with one attached hydrogen (secondary N) is 2. The van der Waals surface area contributed by atoms with Crippen molar-refractivity contribution in [3.05, 3.63) is 71.6 Å². The third kappa shape index (κ3) is 4.34. The van der Waals surface area contributed by atoms with Crippen LogP contribution in [-0.2, 0) is 9.59 Å². The number of piperidine rings is 1. The summed E-state index contributed by atoms with van der Waals surface area (Å²) in [4.78, 5) is 31.1. The van der Waals surface area contributed by atoms with E-state index >= 15 is 0 Å². The first-order valence-corrected chi connectivity index (χ1v) is 11.0. The molecule has 0 spiro atoms. The number of aromatic nitrogens is 2. The van der Waals surface area contributed by atoms with Gasteiger partial charge in [-0.15, -0.1) is 5.10 Å². The van der Waals surface area contributed by atoms with Crippen LogP contribution in [-0.4, -0.2) is 51.9 Å². The van der Waals surface area contributed by atoms with Crippen molar-refractivity contribution < 1.29 is 14.0 Å². The van der Waals surface area contributed by atoms with Crippen LogP contribution in [0, 0.1) is 0 Å². The quantitative estimate of drug-likeness (QED) is 0.640. The standard InChI is InChI=1S/C24H24N6O3/c1-15(31)30-13-11-17(12-14-30)23-28-29-24(33-23)27-21-22(32)25-19-10-6-5-9-18(19)20(26-21)16-7-3-2-4-8-16/h2-10,17,21H,11-14H2,1H3,(H,25,32)(H,27,29). The smallest absolute Gasteiger partial charge is 0.317 e. The molecule has 2 aliphatic rings. The SMILES string of the molecule is CC(=O)N1CCC(c2nnc(NC3N=C(c4ccccc4)c4ccccc4NC3=O)o2)CC1. The van der Waals surface area contributed by atoms with Crippen LogP contribution in [0.3, 0.4) is 0 Å². The number of hydrogen-bond donors (Lipinski definition) is 2. The minimum Gasteiger partial charge on any atom is -0.408 e. The van der Waals surface area contributed by atoms with Crippen molar-refractivity contribution in [2.24, 2.45) is 4.99 Å². The third-order valence-electron chi connectivity index (χ3n) is 5.98. The fraction of sp³-hybridized carbons (Fsp3) is 0.292. The average Bonchev–Trinajstić information content (AvgIpc) is 3.26. The lowest BCUT2D eigenvalue weighted by Gasteiger charge is -2.29. The maximum Gasteiger partial charge on any atom is 0.317 e. The molecule has 1 aromatic heterocycles. The summed E-state index contributed by atoms with van der Waals surface area (Å²) < 4.78 is 5.84. The number of benzodiazepines with no additional fused rings is 1. The van der Waals surface area contributed by atoms with Gasteiger partial charge in [-0.25, -0.2) is 4.99 Å². The van der Waals surface area contributed by atoms with Gasteiger partial charge in [0.2, 0.25) is 18.0 Å². The molecule has 2 amide bonds. The molecule has 3 heterocycles. The molecule has 1 fully saturated rings. The van der Waals surface area contributed by atoms with Crippen LogP contribution >= 0.6 is 0 Å². The van der Waals surface area contributed by atoms with E-state index < -0.39 is 6.17 Å². The monoisotopic (exact) mass is 444 g/mol. The van der Waals surface area contributed by atoms with Gasteiger partial charge in [-0.3, -0.25) is 9.59 Å². The van der Waals surface area contributed by atoms with Crippen LogP contribution in [0.2, 0.25) is 0 Å². The number of nitrogens with zero attached hydrogens (tertiary/aromatic N) is 4.